The SMILES string of the molecule is Cc1cccc(CN(C(=O)CN(c2ccccc2F)S(=O)(=O)N(C)C)C(C)C(=O)NC2CCCCC2)c1. The van der Waals surface area contributed by atoms with Crippen molar-refractivity contribution in [2.45, 2.75) is 64.6 Å². The Labute approximate surface area is 219 Å². The van der Waals surface area contributed by atoms with Crippen molar-refractivity contribution < 1.29 is 22.4 Å². The van der Waals surface area contributed by atoms with Gasteiger partial charge >= 0.3 is 10.2 Å². The Hall–Kier alpha value is -2.98. The number of benzene rings is 2. The molecule has 0 bridgehead atoms. The van der Waals surface area contributed by atoms with Crippen LogP contribution in [-0.4, -0.2) is 62.2 Å². The van der Waals surface area contributed by atoms with E-state index in [4.69, 9.17) is 0 Å². The van der Waals surface area contributed by atoms with Crippen molar-refractivity contribution in [3.63, 3.8) is 0 Å². The van der Waals surface area contributed by atoms with Gasteiger partial charge in [0.1, 0.15) is 18.4 Å². The van der Waals surface area contributed by atoms with Gasteiger partial charge in [0, 0.05) is 26.7 Å². The number of aryl methyl sites for hydroxylation is 1. The highest BCUT2D eigenvalue weighted by atomic mass is 32.2. The second-order valence-corrected chi connectivity index (χ2v) is 11.8. The number of carbonyl (C=O) groups is 2. The molecule has 1 fully saturated rings. The zero-order chi connectivity index (χ0) is 27.2. The van der Waals surface area contributed by atoms with E-state index in [1.165, 1.54) is 37.2 Å². The lowest BCUT2D eigenvalue weighted by atomic mass is 9.95. The number of hydrogen-bond donors (Lipinski definition) is 1. The van der Waals surface area contributed by atoms with Gasteiger partial charge in [0.2, 0.25) is 11.8 Å². The lowest BCUT2D eigenvalue weighted by molar-refractivity contribution is -0.139. The minimum absolute atomic E-state index is 0.0589. The second-order valence-electron chi connectivity index (χ2n) is 9.78. The van der Waals surface area contributed by atoms with E-state index >= 15 is 0 Å². The van der Waals surface area contributed by atoms with Crippen molar-refractivity contribution in [2.75, 3.05) is 24.9 Å². The van der Waals surface area contributed by atoms with E-state index in [9.17, 15) is 22.4 Å². The molecule has 0 aliphatic heterocycles. The molecule has 37 heavy (non-hydrogen) atoms. The van der Waals surface area contributed by atoms with Gasteiger partial charge in [0.25, 0.3) is 0 Å². The average Bonchev–Trinajstić information content (AvgIpc) is 2.86. The van der Waals surface area contributed by atoms with Crippen LogP contribution in [-0.2, 0) is 26.3 Å². The first kappa shape index (κ1) is 28.6. The van der Waals surface area contributed by atoms with Crippen molar-refractivity contribution >= 4 is 27.7 Å². The van der Waals surface area contributed by atoms with Gasteiger partial charge in [-0.15, -0.1) is 0 Å². The third kappa shape index (κ3) is 7.29. The van der Waals surface area contributed by atoms with Gasteiger partial charge in [-0.25, -0.2) is 8.70 Å². The number of nitrogens with zero attached hydrogens (tertiary/aromatic N) is 3. The fourth-order valence-corrected chi connectivity index (χ4v) is 5.58. The van der Waals surface area contributed by atoms with Crippen LogP contribution >= 0.6 is 0 Å². The van der Waals surface area contributed by atoms with Crippen LogP contribution in [0, 0.1) is 12.7 Å². The van der Waals surface area contributed by atoms with E-state index in [0.29, 0.717) is 0 Å². The van der Waals surface area contributed by atoms with E-state index in [2.05, 4.69) is 5.32 Å². The van der Waals surface area contributed by atoms with Crippen LogP contribution in [0.5, 0.6) is 0 Å². The Balaban J connectivity index is 1.93. The largest absolute Gasteiger partial charge is 0.352 e. The lowest BCUT2D eigenvalue weighted by Gasteiger charge is -2.34. The first-order chi connectivity index (χ1) is 17.5. The fraction of sp³-hybridized carbons (Fsp3) is 0.481. The Morgan fingerprint density at radius 1 is 1.05 bits per heavy atom. The molecule has 0 aromatic heterocycles. The topological polar surface area (TPSA) is 90.0 Å². The third-order valence-electron chi connectivity index (χ3n) is 6.69. The quantitative estimate of drug-likeness (QED) is 0.506. The Morgan fingerprint density at radius 3 is 2.35 bits per heavy atom. The number of nitrogens with one attached hydrogen (secondary N) is 1. The molecule has 1 aliphatic rings. The molecule has 0 radical (unpaired) electrons. The standard InChI is InChI=1S/C27H37FN4O4S/c1-20-11-10-12-22(17-20)18-31(21(2)27(34)29-23-13-6-5-7-14-23)26(33)19-32(37(35,36)30(3)4)25-16-9-8-15-24(25)28/h8-12,15-17,21,23H,5-7,13-14,18-19H2,1-4H3,(H,29,34). The van der Waals surface area contributed by atoms with Crippen LogP contribution in [0.3, 0.4) is 0 Å². The highest BCUT2D eigenvalue weighted by Gasteiger charge is 2.34. The highest BCUT2D eigenvalue weighted by molar-refractivity contribution is 7.90. The van der Waals surface area contributed by atoms with Crippen molar-refractivity contribution in [3.8, 4) is 0 Å². The normalized spacial score (nSPS) is 15.3. The monoisotopic (exact) mass is 532 g/mol. The van der Waals surface area contributed by atoms with E-state index < -0.39 is 34.5 Å². The maximum Gasteiger partial charge on any atom is 0.304 e. The molecule has 2 aromatic rings. The molecule has 2 amide bonds. The maximum absolute atomic E-state index is 14.7. The van der Waals surface area contributed by atoms with Gasteiger partial charge in [0.05, 0.1) is 5.69 Å². The molecule has 8 nitrogen and oxygen atoms in total. The molecular weight excluding hydrogens is 495 g/mol. The summed E-state index contributed by atoms with van der Waals surface area (Å²) in [5, 5.41) is 3.06. The molecule has 2 aromatic carbocycles. The number of anilines is 1. The number of hydrogen-bond acceptors (Lipinski definition) is 4. The molecule has 1 unspecified atom stereocenters. The minimum atomic E-state index is -4.21. The number of amides is 2. The van der Waals surface area contributed by atoms with Crippen LogP contribution in [0.4, 0.5) is 10.1 Å². The first-order valence-electron chi connectivity index (χ1n) is 12.6. The first-order valence-corrected chi connectivity index (χ1v) is 14.0. The Kier molecular flexibility index (Phi) is 9.67. The molecule has 1 aliphatic carbocycles. The second kappa shape index (κ2) is 12.5. The molecule has 1 saturated carbocycles. The number of rotatable bonds is 10. The molecule has 1 atom stereocenters. The number of para-hydroxylation sites is 1. The fourth-order valence-electron chi connectivity index (χ4n) is 4.51. The summed E-state index contributed by atoms with van der Waals surface area (Å²) in [6.45, 7) is 3.01. The van der Waals surface area contributed by atoms with Gasteiger partial charge in [-0.05, 0) is 44.4 Å². The predicted molar refractivity (Wildman–Crippen MR) is 143 cm³/mol. The summed E-state index contributed by atoms with van der Waals surface area (Å²) in [6.07, 6.45) is 5.03. The summed E-state index contributed by atoms with van der Waals surface area (Å²) < 4.78 is 42.7. The van der Waals surface area contributed by atoms with Crippen LogP contribution in [0.25, 0.3) is 0 Å². The predicted octanol–water partition coefficient (Wildman–Crippen LogP) is 3.61. The van der Waals surface area contributed by atoms with E-state index in [1.807, 2.05) is 31.2 Å². The summed E-state index contributed by atoms with van der Waals surface area (Å²) in [5.41, 5.74) is 1.56. The number of carbonyl (C=O) groups excluding carboxylic acids is 2. The van der Waals surface area contributed by atoms with Crippen LogP contribution < -0.4 is 9.62 Å². The Morgan fingerprint density at radius 2 is 1.73 bits per heavy atom. The lowest BCUT2D eigenvalue weighted by Crippen LogP contribution is -2.53. The highest BCUT2D eigenvalue weighted by Crippen LogP contribution is 2.24. The van der Waals surface area contributed by atoms with Crippen molar-refractivity contribution in [1.82, 2.24) is 14.5 Å². The van der Waals surface area contributed by atoms with Gasteiger partial charge in [-0.2, -0.15) is 12.7 Å². The molecule has 0 spiro atoms. The molecule has 202 valence electrons. The zero-order valence-corrected chi connectivity index (χ0v) is 22.8. The molecule has 1 N–H and O–H groups in total. The number of halogens is 1. The Bertz CT molecular complexity index is 1200. The minimum Gasteiger partial charge on any atom is -0.352 e. The van der Waals surface area contributed by atoms with Crippen LogP contribution in [0.1, 0.15) is 50.2 Å². The maximum atomic E-state index is 14.7. The van der Waals surface area contributed by atoms with Gasteiger partial charge in [-0.1, -0.05) is 61.2 Å². The van der Waals surface area contributed by atoms with Gasteiger partial charge in [0.15, 0.2) is 0 Å². The molecular formula is C27H37FN4O4S. The molecule has 0 heterocycles. The van der Waals surface area contributed by atoms with E-state index in [-0.39, 0.29) is 24.2 Å². The zero-order valence-electron chi connectivity index (χ0n) is 22.0. The van der Waals surface area contributed by atoms with Crippen molar-refractivity contribution in [2.24, 2.45) is 0 Å². The summed E-state index contributed by atoms with van der Waals surface area (Å²) >= 11 is 0. The average molecular weight is 533 g/mol. The van der Waals surface area contributed by atoms with Crippen molar-refractivity contribution in [3.05, 3.63) is 65.5 Å². The van der Waals surface area contributed by atoms with E-state index in [0.717, 1.165) is 57.9 Å². The smallest absolute Gasteiger partial charge is 0.304 e. The van der Waals surface area contributed by atoms with Crippen LogP contribution in [0.2, 0.25) is 0 Å². The van der Waals surface area contributed by atoms with Gasteiger partial charge < -0.3 is 10.2 Å². The summed E-state index contributed by atoms with van der Waals surface area (Å²) in [7, 11) is -1.58. The third-order valence-corrected chi connectivity index (χ3v) is 8.50. The summed E-state index contributed by atoms with van der Waals surface area (Å²) in [4.78, 5) is 28.3. The summed E-state index contributed by atoms with van der Waals surface area (Å²) in [5.74, 6) is -1.67. The molecule has 10 heteroatoms. The van der Waals surface area contributed by atoms with Crippen LogP contribution in [0.15, 0.2) is 48.5 Å². The molecule has 0 saturated heterocycles. The molecule has 3 rings (SSSR count). The van der Waals surface area contributed by atoms with E-state index in [1.54, 1.807) is 6.92 Å². The summed E-state index contributed by atoms with van der Waals surface area (Å²) in [6, 6.07) is 12.2. The van der Waals surface area contributed by atoms with Crippen molar-refractivity contribution in [1.29, 1.82) is 0 Å². The van der Waals surface area contributed by atoms with Gasteiger partial charge in [-0.3, -0.25) is 9.59 Å².